The van der Waals surface area contributed by atoms with Crippen molar-refractivity contribution in [3.8, 4) is 12.1 Å². The minimum atomic E-state index is -0.865. The summed E-state index contributed by atoms with van der Waals surface area (Å²) in [6.45, 7) is 11.2. The maximum absolute atomic E-state index is 9.13. The molecule has 0 rings (SSSR count). The first-order valence-corrected chi connectivity index (χ1v) is 5.30. The van der Waals surface area contributed by atoms with Crippen molar-refractivity contribution in [3.63, 3.8) is 0 Å². The third-order valence-electron chi connectivity index (χ3n) is 1.91. The van der Waals surface area contributed by atoms with Gasteiger partial charge in [-0.15, -0.1) is 0 Å². The fourth-order valence-electron chi connectivity index (χ4n) is 1.39. The molecular weight excluding hydrogens is 200 g/mol. The lowest BCUT2D eigenvalue weighted by Gasteiger charge is -2.26. The zero-order valence-electron chi connectivity index (χ0n) is 11.0. The van der Waals surface area contributed by atoms with Crippen LogP contribution >= 0.6 is 0 Å². The summed E-state index contributed by atoms with van der Waals surface area (Å²) >= 11 is 0. The summed E-state index contributed by atoms with van der Waals surface area (Å²) in [4.78, 5) is 0. The van der Waals surface area contributed by atoms with Gasteiger partial charge in [-0.25, -0.2) is 0 Å². The zero-order chi connectivity index (χ0) is 13.0. The van der Waals surface area contributed by atoms with Crippen LogP contribution in [-0.4, -0.2) is 11.1 Å². The highest BCUT2D eigenvalue weighted by Gasteiger charge is 2.31. The molecule has 88 valence electrons. The van der Waals surface area contributed by atoms with Crippen LogP contribution in [0.15, 0.2) is 10.2 Å². The highest BCUT2D eigenvalue weighted by atomic mass is 15.2. The molecule has 0 aromatic carbocycles. The predicted molar refractivity (Wildman–Crippen MR) is 62.6 cm³/mol. The van der Waals surface area contributed by atoms with E-state index in [2.05, 4.69) is 16.3 Å². The molecule has 0 saturated heterocycles. The molecule has 4 heteroatoms. The Labute approximate surface area is 98.0 Å². The van der Waals surface area contributed by atoms with Gasteiger partial charge in [0.05, 0.1) is 12.1 Å². The molecule has 0 aliphatic rings. The van der Waals surface area contributed by atoms with Gasteiger partial charge in [-0.1, -0.05) is 20.8 Å². The van der Waals surface area contributed by atoms with Gasteiger partial charge in [-0.05, 0) is 32.6 Å². The van der Waals surface area contributed by atoms with Gasteiger partial charge in [0.2, 0.25) is 0 Å². The summed E-state index contributed by atoms with van der Waals surface area (Å²) in [5.74, 6) is 0. The first-order chi connectivity index (χ1) is 7.04. The smallest absolute Gasteiger partial charge is 0.165 e. The van der Waals surface area contributed by atoms with Gasteiger partial charge >= 0.3 is 0 Å². The fraction of sp³-hybridized carbons (Fsp3) is 0.833. The van der Waals surface area contributed by atoms with Gasteiger partial charge in [-0.3, -0.25) is 0 Å². The van der Waals surface area contributed by atoms with E-state index < -0.39 is 11.1 Å². The largest absolute Gasteiger partial charge is 0.196 e. The van der Waals surface area contributed by atoms with Crippen LogP contribution in [0.3, 0.4) is 0 Å². The number of hydrogen-bond donors (Lipinski definition) is 0. The first-order valence-electron chi connectivity index (χ1n) is 5.30. The normalized spacial score (nSPS) is 16.5. The summed E-state index contributed by atoms with van der Waals surface area (Å²) in [5.41, 5.74) is -1.72. The molecule has 0 amide bonds. The maximum atomic E-state index is 9.13. The Morgan fingerprint density at radius 3 is 1.69 bits per heavy atom. The Morgan fingerprint density at radius 1 is 0.875 bits per heavy atom. The standard InChI is InChI=1S/C12H20N4/c1-10(2,3)7-12(6,9-14)16-15-11(4,5)8-13/h7H2,1-6H3. The van der Waals surface area contributed by atoms with E-state index in [0.717, 1.165) is 0 Å². The molecule has 0 N–H and O–H groups in total. The van der Waals surface area contributed by atoms with Crippen LogP contribution < -0.4 is 0 Å². The van der Waals surface area contributed by atoms with E-state index in [1.54, 1.807) is 20.8 Å². The average molecular weight is 220 g/mol. The molecule has 0 aromatic heterocycles. The minimum Gasteiger partial charge on any atom is -0.196 e. The molecule has 1 unspecified atom stereocenters. The van der Waals surface area contributed by atoms with E-state index in [1.165, 1.54) is 0 Å². The molecule has 16 heavy (non-hydrogen) atoms. The fourth-order valence-corrected chi connectivity index (χ4v) is 1.39. The molecule has 0 aliphatic carbocycles. The van der Waals surface area contributed by atoms with Gasteiger partial charge in [0, 0.05) is 0 Å². The molecule has 0 fully saturated rings. The summed E-state index contributed by atoms with van der Waals surface area (Å²) in [5, 5.41) is 25.9. The summed E-state index contributed by atoms with van der Waals surface area (Å²) in [6.07, 6.45) is 0.613. The molecule has 0 aromatic rings. The highest BCUT2D eigenvalue weighted by Crippen LogP contribution is 2.30. The number of azo groups is 1. The predicted octanol–water partition coefficient (Wildman–Crippen LogP) is 3.46. The van der Waals surface area contributed by atoms with Crippen molar-refractivity contribution in [2.24, 2.45) is 15.6 Å². The Kier molecular flexibility index (Phi) is 4.21. The molecule has 0 bridgehead atoms. The lowest BCUT2D eigenvalue weighted by atomic mass is 9.82. The SMILES string of the molecule is CC(C)(C)CC(C)(C#N)N=NC(C)(C)C#N. The zero-order valence-corrected chi connectivity index (χ0v) is 11.0. The Bertz CT molecular complexity index is 349. The Hall–Kier alpha value is -1.42. The van der Waals surface area contributed by atoms with Crippen LogP contribution in [0, 0.1) is 28.1 Å². The quantitative estimate of drug-likeness (QED) is 0.683. The number of hydrogen-bond acceptors (Lipinski definition) is 4. The molecule has 0 radical (unpaired) electrons. The molecule has 0 aliphatic heterocycles. The van der Waals surface area contributed by atoms with E-state index in [4.69, 9.17) is 10.5 Å². The second kappa shape index (κ2) is 4.61. The second-order valence-electron chi connectivity index (χ2n) is 5.99. The van der Waals surface area contributed by atoms with Gasteiger partial charge in [0.15, 0.2) is 11.1 Å². The first kappa shape index (κ1) is 14.6. The highest BCUT2D eigenvalue weighted by molar-refractivity contribution is 5.07. The summed E-state index contributed by atoms with van der Waals surface area (Å²) in [6, 6.07) is 4.19. The van der Waals surface area contributed by atoms with Gasteiger partial charge in [0.25, 0.3) is 0 Å². The van der Waals surface area contributed by atoms with Crippen LogP contribution in [0.5, 0.6) is 0 Å². The average Bonchev–Trinajstić information content (AvgIpc) is 2.13. The third-order valence-corrected chi connectivity index (χ3v) is 1.91. The summed E-state index contributed by atoms with van der Waals surface area (Å²) in [7, 11) is 0. The monoisotopic (exact) mass is 220 g/mol. The molecule has 0 heterocycles. The van der Waals surface area contributed by atoms with Gasteiger partial charge in [0.1, 0.15) is 0 Å². The van der Waals surface area contributed by atoms with E-state index in [-0.39, 0.29) is 5.41 Å². The second-order valence-corrected chi connectivity index (χ2v) is 5.99. The van der Waals surface area contributed by atoms with Gasteiger partial charge in [-0.2, -0.15) is 20.8 Å². The van der Waals surface area contributed by atoms with Crippen molar-refractivity contribution in [1.29, 1.82) is 10.5 Å². The molecule has 4 nitrogen and oxygen atoms in total. The van der Waals surface area contributed by atoms with Crippen LogP contribution in [0.25, 0.3) is 0 Å². The maximum Gasteiger partial charge on any atom is 0.165 e. The summed E-state index contributed by atoms with van der Waals surface area (Å²) < 4.78 is 0. The van der Waals surface area contributed by atoms with Crippen LogP contribution in [-0.2, 0) is 0 Å². The van der Waals surface area contributed by atoms with Crippen molar-refractivity contribution in [3.05, 3.63) is 0 Å². The van der Waals surface area contributed by atoms with Crippen molar-refractivity contribution in [2.45, 2.75) is 59.0 Å². The Balaban J connectivity index is 4.91. The van der Waals surface area contributed by atoms with E-state index in [1.807, 2.05) is 26.8 Å². The van der Waals surface area contributed by atoms with Crippen molar-refractivity contribution >= 4 is 0 Å². The molecular formula is C12H20N4. The van der Waals surface area contributed by atoms with Crippen molar-refractivity contribution in [1.82, 2.24) is 0 Å². The van der Waals surface area contributed by atoms with E-state index >= 15 is 0 Å². The van der Waals surface area contributed by atoms with Crippen LogP contribution in [0.2, 0.25) is 0 Å². The molecule has 0 spiro atoms. The molecule has 1 atom stereocenters. The topological polar surface area (TPSA) is 72.3 Å². The number of nitrogens with zero attached hydrogens (tertiary/aromatic N) is 4. The van der Waals surface area contributed by atoms with E-state index in [0.29, 0.717) is 6.42 Å². The van der Waals surface area contributed by atoms with Crippen LogP contribution in [0.4, 0.5) is 0 Å². The molecule has 0 saturated carbocycles. The minimum absolute atomic E-state index is 0.000284. The lowest BCUT2D eigenvalue weighted by Crippen LogP contribution is -2.27. The van der Waals surface area contributed by atoms with Gasteiger partial charge < -0.3 is 0 Å². The lowest BCUT2D eigenvalue weighted by molar-refractivity contribution is 0.302. The third kappa shape index (κ3) is 5.46. The Morgan fingerprint density at radius 2 is 1.38 bits per heavy atom. The van der Waals surface area contributed by atoms with E-state index in [9.17, 15) is 0 Å². The van der Waals surface area contributed by atoms with Crippen LogP contribution in [0.1, 0.15) is 48.0 Å². The number of rotatable bonds is 3. The van der Waals surface area contributed by atoms with Crippen molar-refractivity contribution < 1.29 is 0 Å². The number of nitriles is 2. The van der Waals surface area contributed by atoms with Crippen molar-refractivity contribution in [2.75, 3.05) is 0 Å².